The number of carbonyl (C=O) groups is 1. The fraction of sp³-hybridized carbons (Fsp3) is 0.476. The number of hydrogen-bond donors (Lipinski definition) is 7. The van der Waals surface area contributed by atoms with Crippen molar-refractivity contribution in [3.8, 4) is 0 Å². The fourth-order valence-corrected chi connectivity index (χ4v) is 6.63. The Labute approximate surface area is 241 Å². The number of nitrogens with two attached hydrogens (primary N) is 2. The molecule has 20 nitrogen and oxygen atoms in total. The lowest BCUT2D eigenvalue weighted by Gasteiger charge is -2.20. The van der Waals surface area contributed by atoms with Gasteiger partial charge < -0.3 is 46.0 Å². The van der Waals surface area contributed by atoms with Crippen LogP contribution in [0.15, 0.2) is 37.2 Å². The fourth-order valence-electron chi connectivity index (χ4n) is 4.54. The standard InChI is InChI=1S/C21H27N7O13P2/c22-18-15-20(25-8-24-18)28(9-26-15)14-4-11(29)12(39-14)6-37-42(33,34)41-43(35,36)38-7-13-16(30)17(31)21(40-13)27-3-1-2-10(5-27)19(23)32/h1-3,5,8-9,11-14,16-17,21,29-31H,4,6-7H2,(H5-,22,23,24,25,32,33,34,35,36)/p+1. The summed E-state index contributed by atoms with van der Waals surface area (Å²) in [6.45, 7) is -1.59. The van der Waals surface area contributed by atoms with Crippen LogP contribution in [0.2, 0.25) is 0 Å². The van der Waals surface area contributed by atoms with Gasteiger partial charge in [0.05, 0.1) is 25.6 Å². The molecule has 9 unspecified atom stereocenters. The van der Waals surface area contributed by atoms with E-state index in [1.807, 2.05) is 0 Å². The summed E-state index contributed by atoms with van der Waals surface area (Å²) in [5.74, 6) is -0.618. The molecule has 2 aliphatic rings. The molecule has 9 N–H and O–H groups in total. The highest BCUT2D eigenvalue weighted by atomic mass is 31.3. The van der Waals surface area contributed by atoms with Crippen LogP contribution in [-0.2, 0) is 32.0 Å². The van der Waals surface area contributed by atoms with Crippen molar-refractivity contribution in [2.75, 3.05) is 18.9 Å². The summed E-state index contributed by atoms with van der Waals surface area (Å²) < 4.78 is 52.5. The van der Waals surface area contributed by atoms with Crippen molar-refractivity contribution < 1.29 is 66.4 Å². The molecule has 1 amide bonds. The quantitative estimate of drug-likeness (QED) is 0.0874. The van der Waals surface area contributed by atoms with Gasteiger partial charge in [0.15, 0.2) is 30.0 Å². The number of aliphatic hydroxyl groups is 3. The van der Waals surface area contributed by atoms with Crippen LogP contribution in [0.3, 0.4) is 0 Å². The van der Waals surface area contributed by atoms with Crippen molar-refractivity contribution >= 4 is 38.5 Å². The van der Waals surface area contributed by atoms with E-state index in [4.69, 9.17) is 30.0 Å². The Balaban J connectivity index is 1.14. The van der Waals surface area contributed by atoms with Gasteiger partial charge in [0.1, 0.15) is 41.9 Å². The Morgan fingerprint density at radius 2 is 1.77 bits per heavy atom. The number of nitrogen functional groups attached to an aromatic ring is 1. The second kappa shape index (κ2) is 12.2. The monoisotopic (exact) mass is 648 g/mol. The van der Waals surface area contributed by atoms with E-state index in [1.54, 1.807) is 0 Å². The predicted molar refractivity (Wildman–Crippen MR) is 138 cm³/mol. The maximum absolute atomic E-state index is 12.4. The van der Waals surface area contributed by atoms with Crippen molar-refractivity contribution in [1.82, 2.24) is 19.5 Å². The number of pyridine rings is 1. The Bertz CT molecular complexity index is 1590. The summed E-state index contributed by atoms with van der Waals surface area (Å²) in [5.41, 5.74) is 11.7. The first kappa shape index (κ1) is 31.5. The molecule has 5 heterocycles. The number of nitrogens with zero attached hydrogens (tertiary/aromatic N) is 5. The zero-order chi connectivity index (χ0) is 31.1. The van der Waals surface area contributed by atoms with Crippen LogP contribution in [0.5, 0.6) is 0 Å². The van der Waals surface area contributed by atoms with Gasteiger partial charge in [0.25, 0.3) is 12.1 Å². The van der Waals surface area contributed by atoms with E-state index in [9.17, 15) is 39.0 Å². The zero-order valence-electron chi connectivity index (χ0n) is 21.9. The van der Waals surface area contributed by atoms with Crippen molar-refractivity contribution in [2.24, 2.45) is 5.73 Å². The third kappa shape index (κ3) is 6.91. The minimum atomic E-state index is -5.31. The van der Waals surface area contributed by atoms with Gasteiger partial charge in [-0.2, -0.15) is 8.88 Å². The van der Waals surface area contributed by atoms with Crippen molar-refractivity contribution in [2.45, 2.75) is 49.4 Å². The molecule has 3 aromatic heterocycles. The molecular weight excluding hydrogens is 620 g/mol. The smallest absolute Gasteiger partial charge is 0.390 e. The summed E-state index contributed by atoms with van der Waals surface area (Å²) in [6, 6.07) is 2.86. The highest BCUT2D eigenvalue weighted by Gasteiger charge is 2.49. The van der Waals surface area contributed by atoms with Gasteiger partial charge in [-0.25, -0.2) is 24.1 Å². The van der Waals surface area contributed by atoms with E-state index < -0.39 is 77.7 Å². The van der Waals surface area contributed by atoms with E-state index in [-0.39, 0.29) is 17.8 Å². The largest absolute Gasteiger partial charge is 0.481 e. The molecule has 0 spiro atoms. The summed E-state index contributed by atoms with van der Waals surface area (Å²) in [7, 11) is -10.6. The highest BCUT2D eigenvalue weighted by Crippen LogP contribution is 2.60. The Hall–Kier alpha value is -2.97. The van der Waals surface area contributed by atoms with Crippen LogP contribution in [0.4, 0.5) is 5.82 Å². The molecule has 0 aliphatic carbocycles. The first-order valence-corrected chi connectivity index (χ1v) is 15.5. The van der Waals surface area contributed by atoms with E-state index in [2.05, 4.69) is 19.3 Å². The number of primary amides is 1. The van der Waals surface area contributed by atoms with E-state index >= 15 is 0 Å². The van der Waals surface area contributed by atoms with Crippen LogP contribution in [0, 0.1) is 0 Å². The molecule has 0 aromatic carbocycles. The summed E-state index contributed by atoms with van der Waals surface area (Å²) in [5, 5.41) is 31.1. The molecule has 22 heteroatoms. The zero-order valence-corrected chi connectivity index (χ0v) is 23.7. The SMILES string of the molecule is NC(=O)c1ccc[n+](C2OC(COP(=O)(O)OP(=O)(O)OCC3OC(n4cnc5c(N)ncnc54)CC3O)C(O)C2O)c1. The molecule has 0 radical (unpaired) electrons. The summed E-state index contributed by atoms with van der Waals surface area (Å²) >= 11 is 0. The molecule has 43 heavy (non-hydrogen) atoms. The minimum absolute atomic E-state index is 0.0171. The maximum atomic E-state index is 12.4. The lowest BCUT2D eigenvalue weighted by Crippen LogP contribution is -2.46. The second-order valence-electron chi connectivity index (χ2n) is 9.58. The molecule has 2 fully saturated rings. The van der Waals surface area contributed by atoms with Gasteiger partial charge in [-0.1, -0.05) is 0 Å². The number of carbonyl (C=O) groups excluding carboxylic acids is 1. The van der Waals surface area contributed by atoms with Crippen LogP contribution in [0.25, 0.3) is 11.2 Å². The normalized spacial score (nSPS) is 30.3. The van der Waals surface area contributed by atoms with Crippen molar-refractivity contribution in [3.05, 3.63) is 42.7 Å². The first-order chi connectivity index (χ1) is 20.2. The molecule has 9 atom stereocenters. The minimum Gasteiger partial charge on any atom is -0.390 e. The molecular formula is C21H28N7O13P2+. The van der Waals surface area contributed by atoms with Crippen LogP contribution >= 0.6 is 15.6 Å². The van der Waals surface area contributed by atoms with Gasteiger partial charge in [-0.05, 0) is 6.07 Å². The molecule has 0 bridgehead atoms. The second-order valence-corrected chi connectivity index (χ2v) is 12.6. The van der Waals surface area contributed by atoms with Gasteiger partial charge in [0.2, 0.25) is 0 Å². The lowest BCUT2D eigenvalue weighted by atomic mass is 10.1. The topological polar surface area (TPSA) is 298 Å². The van der Waals surface area contributed by atoms with Crippen LogP contribution < -0.4 is 16.0 Å². The molecule has 2 saturated heterocycles. The van der Waals surface area contributed by atoms with Gasteiger partial charge in [-0.3, -0.25) is 18.4 Å². The number of rotatable bonds is 11. The van der Waals surface area contributed by atoms with Gasteiger partial charge >= 0.3 is 15.6 Å². The van der Waals surface area contributed by atoms with Crippen LogP contribution in [-0.4, -0.2) is 94.3 Å². The summed E-state index contributed by atoms with van der Waals surface area (Å²) in [4.78, 5) is 43.5. The number of imidazole rings is 1. The number of amides is 1. The van der Waals surface area contributed by atoms with E-state index in [1.165, 1.54) is 46.3 Å². The van der Waals surface area contributed by atoms with E-state index in [0.717, 1.165) is 0 Å². The van der Waals surface area contributed by atoms with Gasteiger partial charge in [0, 0.05) is 12.5 Å². The Kier molecular flexibility index (Phi) is 8.92. The third-order valence-corrected chi connectivity index (χ3v) is 9.25. The number of fused-ring (bicyclic) bond motifs is 1. The number of ether oxygens (including phenoxy) is 2. The predicted octanol–water partition coefficient (Wildman–Crippen LogP) is -1.99. The molecule has 2 aliphatic heterocycles. The Morgan fingerprint density at radius 3 is 2.47 bits per heavy atom. The van der Waals surface area contributed by atoms with Crippen molar-refractivity contribution in [3.63, 3.8) is 0 Å². The lowest BCUT2D eigenvalue weighted by molar-refractivity contribution is -0.765. The number of aromatic nitrogens is 5. The number of hydrogen-bond acceptors (Lipinski definition) is 15. The van der Waals surface area contributed by atoms with Gasteiger partial charge in [-0.15, -0.1) is 0 Å². The number of phosphoric acid groups is 2. The average molecular weight is 648 g/mol. The number of aliphatic hydroxyl groups excluding tert-OH is 3. The Morgan fingerprint density at radius 1 is 1.07 bits per heavy atom. The molecule has 234 valence electrons. The molecule has 5 rings (SSSR count). The van der Waals surface area contributed by atoms with E-state index in [0.29, 0.717) is 11.2 Å². The first-order valence-electron chi connectivity index (χ1n) is 12.5. The third-order valence-electron chi connectivity index (χ3n) is 6.65. The molecule has 3 aromatic rings. The number of anilines is 1. The van der Waals surface area contributed by atoms with Crippen LogP contribution in [0.1, 0.15) is 29.2 Å². The highest BCUT2D eigenvalue weighted by molar-refractivity contribution is 7.61. The molecule has 0 saturated carbocycles. The summed E-state index contributed by atoms with van der Waals surface area (Å²) in [6.07, 6.45) is -3.66. The van der Waals surface area contributed by atoms with Crippen molar-refractivity contribution in [1.29, 1.82) is 0 Å². The number of phosphoric ester groups is 2. The maximum Gasteiger partial charge on any atom is 0.481 e. The average Bonchev–Trinajstić information content (AvgIpc) is 3.62.